The number of likely N-dealkylation sites (tertiary alicyclic amines) is 1. The zero-order valence-corrected chi connectivity index (χ0v) is 22.7. The van der Waals surface area contributed by atoms with Crippen molar-refractivity contribution in [1.29, 1.82) is 0 Å². The highest BCUT2D eigenvalue weighted by atomic mass is 19.1. The fraction of sp³-hybridized carbons (Fsp3) is 0.452. The first-order valence-electron chi connectivity index (χ1n) is 14.1. The minimum absolute atomic E-state index is 0.0187. The smallest absolute Gasteiger partial charge is 0.251 e. The molecule has 3 amide bonds. The third-order valence-electron chi connectivity index (χ3n) is 7.83. The third-order valence-corrected chi connectivity index (χ3v) is 7.83. The average molecular weight is 563 g/mol. The van der Waals surface area contributed by atoms with E-state index in [1.54, 1.807) is 53.4 Å². The summed E-state index contributed by atoms with van der Waals surface area (Å²) in [5.41, 5.74) is 2.56. The van der Waals surface area contributed by atoms with E-state index in [-0.39, 0.29) is 61.8 Å². The number of nitrogens with one attached hydrogen (secondary N) is 3. The van der Waals surface area contributed by atoms with Gasteiger partial charge in [0.25, 0.3) is 5.91 Å². The largest absolute Gasteiger partial charge is 0.393 e. The molecule has 2 heterocycles. The Balaban J connectivity index is 1.15. The number of aliphatic hydroxyl groups excluding tert-OH is 2. The lowest BCUT2D eigenvalue weighted by Gasteiger charge is -2.25. The highest BCUT2D eigenvalue weighted by Crippen LogP contribution is 2.33. The molecule has 2 aromatic rings. The van der Waals surface area contributed by atoms with E-state index in [9.17, 15) is 23.9 Å². The van der Waals surface area contributed by atoms with Crippen molar-refractivity contribution in [2.45, 2.75) is 56.1 Å². The van der Waals surface area contributed by atoms with Crippen LogP contribution in [0.15, 0.2) is 48.5 Å². The van der Waals surface area contributed by atoms with Gasteiger partial charge < -0.3 is 31.1 Å². The number of amides is 3. The first kappa shape index (κ1) is 28.7. The standard InChI is InChI=1S/C31H35FN4O5/c32-24-13-27(33-15-24)30(40)35-25-14-26(36(17-25)31(41)23-11-12-23)16-34-29(39)22-9-5-20(6-10-22)2-1-19-3-7-21(8-4-19)28(38)18-37/h3-10,23-28,33,37-38H,11-18H2,(H,34,39)(H,35,40)/t24-,25+,26+,27-,28+/m0/s1. The molecule has 9 nitrogen and oxygen atoms in total. The lowest BCUT2D eigenvalue weighted by Crippen LogP contribution is -2.46. The molecule has 216 valence electrons. The molecule has 3 aliphatic rings. The van der Waals surface area contributed by atoms with Crippen LogP contribution in [-0.2, 0) is 9.59 Å². The van der Waals surface area contributed by atoms with Gasteiger partial charge in [-0.2, -0.15) is 0 Å². The number of halogens is 1. The van der Waals surface area contributed by atoms with Crippen LogP contribution in [-0.4, -0.2) is 83.4 Å². The van der Waals surface area contributed by atoms with Crippen molar-refractivity contribution < 1.29 is 29.0 Å². The predicted molar refractivity (Wildman–Crippen MR) is 149 cm³/mol. The predicted octanol–water partition coefficient (Wildman–Crippen LogP) is 1.04. The number of nitrogens with zero attached hydrogens (tertiary/aromatic N) is 1. The van der Waals surface area contributed by atoms with E-state index < -0.39 is 18.3 Å². The Labute approximate surface area is 238 Å². The summed E-state index contributed by atoms with van der Waals surface area (Å²) in [6, 6.07) is 12.8. The fourth-order valence-electron chi connectivity index (χ4n) is 5.30. The quantitative estimate of drug-likeness (QED) is 0.306. The number of aliphatic hydroxyl groups is 2. The van der Waals surface area contributed by atoms with E-state index in [4.69, 9.17) is 5.11 Å². The van der Waals surface area contributed by atoms with E-state index >= 15 is 0 Å². The van der Waals surface area contributed by atoms with E-state index in [1.165, 1.54) is 0 Å². The van der Waals surface area contributed by atoms with Gasteiger partial charge in [0.1, 0.15) is 12.3 Å². The number of carbonyl (C=O) groups excluding carboxylic acids is 3. The maximum atomic E-state index is 13.5. The summed E-state index contributed by atoms with van der Waals surface area (Å²) in [4.78, 5) is 40.2. The fourth-order valence-corrected chi connectivity index (χ4v) is 5.30. The van der Waals surface area contributed by atoms with E-state index in [0.29, 0.717) is 24.1 Å². The second-order valence-corrected chi connectivity index (χ2v) is 11.0. The number of benzene rings is 2. The van der Waals surface area contributed by atoms with Gasteiger partial charge in [-0.15, -0.1) is 0 Å². The summed E-state index contributed by atoms with van der Waals surface area (Å²) < 4.78 is 13.5. The number of carbonyl (C=O) groups is 3. The van der Waals surface area contributed by atoms with Crippen molar-refractivity contribution in [3.8, 4) is 11.8 Å². The van der Waals surface area contributed by atoms with Gasteiger partial charge in [-0.25, -0.2) is 4.39 Å². The van der Waals surface area contributed by atoms with Crippen LogP contribution < -0.4 is 16.0 Å². The van der Waals surface area contributed by atoms with E-state index in [2.05, 4.69) is 27.8 Å². The Morgan fingerprint density at radius 3 is 2.27 bits per heavy atom. The van der Waals surface area contributed by atoms with Crippen LogP contribution in [0.1, 0.15) is 58.8 Å². The minimum atomic E-state index is -1.03. The van der Waals surface area contributed by atoms with Gasteiger partial charge >= 0.3 is 0 Å². The highest BCUT2D eigenvalue weighted by molar-refractivity contribution is 5.94. The SMILES string of the molecule is O=C(NC[C@H]1C[C@@H](NC(=O)[C@@H]2C[C@H](F)CN2)CN1C(=O)C1CC1)c1ccc(C#Cc2ccc([C@H](O)CO)cc2)cc1. The van der Waals surface area contributed by atoms with Crippen molar-refractivity contribution in [2.24, 2.45) is 5.92 Å². The first-order valence-corrected chi connectivity index (χ1v) is 14.1. The molecule has 0 spiro atoms. The van der Waals surface area contributed by atoms with Crippen LogP contribution in [0.3, 0.4) is 0 Å². The highest BCUT2D eigenvalue weighted by Gasteiger charge is 2.42. The summed E-state index contributed by atoms with van der Waals surface area (Å²) in [5.74, 6) is 5.65. The van der Waals surface area contributed by atoms with Gasteiger partial charge in [0.05, 0.1) is 18.7 Å². The maximum Gasteiger partial charge on any atom is 0.251 e. The molecule has 3 fully saturated rings. The summed E-state index contributed by atoms with van der Waals surface area (Å²) >= 11 is 0. The molecule has 2 aliphatic heterocycles. The van der Waals surface area contributed by atoms with Crippen molar-refractivity contribution in [2.75, 3.05) is 26.2 Å². The Bertz CT molecular complexity index is 1320. The molecule has 1 aliphatic carbocycles. The first-order chi connectivity index (χ1) is 19.8. The minimum Gasteiger partial charge on any atom is -0.393 e. The Morgan fingerprint density at radius 2 is 1.68 bits per heavy atom. The number of hydrogen-bond donors (Lipinski definition) is 5. The topological polar surface area (TPSA) is 131 Å². The van der Waals surface area contributed by atoms with Crippen LogP contribution in [0.4, 0.5) is 4.39 Å². The molecule has 2 saturated heterocycles. The number of hydrogen-bond acceptors (Lipinski definition) is 6. The number of rotatable bonds is 8. The molecule has 0 aromatic heterocycles. The normalized spacial score (nSPS) is 24.3. The van der Waals surface area contributed by atoms with Crippen LogP contribution >= 0.6 is 0 Å². The van der Waals surface area contributed by atoms with Crippen LogP contribution in [0.2, 0.25) is 0 Å². The summed E-state index contributed by atoms with van der Waals surface area (Å²) in [7, 11) is 0. The van der Waals surface area contributed by atoms with Crippen molar-refractivity contribution in [3.63, 3.8) is 0 Å². The molecule has 0 unspecified atom stereocenters. The van der Waals surface area contributed by atoms with Gasteiger partial charge in [0, 0.05) is 54.7 Å². The molecule has 41 heavy (non-hydrogen) atoms. The van der Waals surface area contributed by atoms with Crippen LogP contribution in [0, 0.1) is 17.8 Å². The maximum absolute atomic E-state index is 13.5. The van der Waals surface area contributed by atoms with Crippen LogP contribution in [0.25, 0.3) is 0 Å². The molecule has 0 radical (unpaired) electrons. The molecule has 10 heteroatoms. The number of alkyl halides is 1. The monoisotopic (exact) mass is 562 g/mol. The summed E-state index contributed by atoms with van der Waals surface area (Å²) in [6.45, 7) is 0.470. The molecule has 5 rings (SSSR count). The Morgan fingerprint density at radius 1 is 1.02 bits per heavy atom. The van der Waals surface area contributed by atoms with Gasteiger partial charge in [-0.05, 0) is 61.2 Å². The van der Waals surface area contributed by atoms with E-state index in [1.807, 2.05) is 0 Å². The van der Waals surface area contributed by atoms with Gasteiger partial charge in [-0.3, -0.25) is 14.4 Å². The average Bonchev–Trinajstić information content (AvgIpc) is 3.63. The van der Waals surface area contributed by atoms with Gasteiger partial charge in [0.15, 0.2) is 0 Å². The van der Waals surface area contributed by atoms with Crippen molar-refractivity contribution in [1.82, 2.24) is 20.9 Å². The second kappa shape index (κ2) is 12.8. The molecular formula is C31H35FN4O5. The molecular weight excluding hydrogens is 527 g/mol. The van der Waals surface area contributed by atoms with Gasteiger partial charge in [0.2, 0.25) is 11.8 Å². The van der Waals surface area contributed by atoms with Crippen molar-refractivity contribution in [3.05, 3.63) is 70.8 Å². The molecule has 5 N–H and O–H groups in total. The zero-order valence-electron chi connectivity index (χ0n) is 22.7. The molecule has 2 aromatic carbocycles. The second-order valence-electron chi connectivity index (χ2n) is 11.0. The van der Waals surface area contributed by atoms with Gasteiger partial charge in [-0.1, -0.05) is 24.0 Å². The van der Waals surface area contributed by atoms with Crippen molar-refractivity contribution >= 4 is 17.7 Å². The van der Waals surface area contributed by atoms with Crippen LogP contribution in [0.5, 0.6) is 0 Å². The summed E-state index contributed by atoms with van der Waals surface area (Å²) in [6.07, 6.45) is 0.448. The lowest BCUT2D eigenvalue weighted by atomic mass is 10.1. The Kier molecular flexibility index (Phi) is 8.98. The lowest BCUT2D eigenvalue weighted by molar-refractivity contribution is -0.133. The third kappa shape index (κ3) is 7.30. The Hall–Kier alpha value is -3.78. The molecule has 5 atom stereocenters. The molecule has 0 bridgehead atoms. The molecule has 1 saturated carbocycles. The zero-order chi connectivity index (χ0) is 28.9. The van der Waals surface area contributed by atoms with E-state index in [0.717, 1.165) is 24.0 Å². The summed E-state index contributed by atoms with van der Waals surface area (Å²) in [5, 5.41) is 27.5.